The number of alkyl halides is 9. The highest BCUT2D eigenvalue weighted by Gasteiger charge is 2.39. The molecule has 0 radical (unpaired) electrons. The van der Waals surface area contributed by atoms with E-state index in [1.807, 2.05) is 0 Å². The van der Waals surface area contributed by atoms with Crippen LogP contribution < -0.4 is 14.8 Å². The molecular formula is C38H36F10NO8P. The minimum absolute atomic E-state index is 0.0125. The van der Waals surface area contributed by atoms with Crippen molar-refractivity contribution in [1.82, 2.24) is 5.32 Å². The molecule has 0 saturated carbocycles. The van der Waals surface area contributed by atoms with Gasteiger partial charge in [0.2, 0.25) is 0 Å². The van der Waals surface area contributed by atoms with Gasteiger partial charge in [-0.3, -0.25) is 4.52 Å². The zero-order chi connectivity index (χ0) is 43.4. The largest absolute Gasteiger partial charge is 0.514 e. The van der Waals surface area contributed by atoms with Crippen LogP contribution in [0.4, 0.5) is 48.7 Å². The van der Waals surface area contributed by atoms with E-state index in [0.29, 0.717) is 17.7 Å². The first-order valence-corrected chi connectivity index (χ1v) is 18.6. The van der Waals surface area contributed by atoms with Crippen molar-refractivity contribution in [3.8, 4) is 22.6 Å². The van der Waals surface area contributed by atoms with E-state index >= 15 is 0 Å². The van der Waals surface area contributed by atoms with Crippen LogP contribution in [-0.2, 0) is 45.3 Å². The van der Waals surface area contributed by atoms with E-state index in [1.165, 1.54) is 44.4 Å². The van der Waals surface area contributed by atoms with Crippen molar-refractivity contribution in [2.24, 2.45) is 0 Å². The summed E-state index contributed by atoms with van der Waals surface area (Å²) in [6.45, 7) is 3.62. The lowest BCUT2D eigenvalue weighted by atomic mass is 9.92. The standard InChI is InChI=1S/C38H36F10NO8P/c1-20(2)30-17-31(33(54-4)18-32(30)39)29-10-7-25(36(40,41)42)15-24(29)19-49-21(3)34(23-13-26(37(43,44)45)16-27(14-23)38(46,47)48)57-35(50)56-28-8-5-22(6-9-28)11-12-55-58(51,52)53/h5-10,13-18,20-21,34,49H,11-12,19H2,1-4H3,(H2,51,52,53)/t21-,34-/m0/s1. The smallest absolute Gasteiger partial charge is 0.496 e. The molecule has 0 aliphatic carbocycles. The average Bonchev–Trinajstić information content (AvgIpc) is 3.11. The van der Waals surface area contributed by atoms with Gasteiger partial charge in [0.15, 0.2) is 0 Å². The van der Waals surface area contributed by atoms with E-state index in [4.69, 9.17) is 24.0 Å². The topological polar surface area (TPSA) is 124 Å². The van der Waals surface area contributed by atoms with Gasteiger partial charge in [-0.25, -0.2) is 13.8 Å². The van der Waals surface area contributed by atoms with E-state index in [9.17, 15) is 53.3 Å². The molecule has 0 fully saturated rings. The van der Waals surface area contributed by atoms with Gasteiger partial charge in [-0.2, -0.15) is 39.5 Å². The van der Waals surface area contributed by atoms with E-state index in [2.05, 4.69) is 9.84 Å². The Morgan fingerprint density at radius 3 is 1.88 bits per heavy atom. The fourth-order valence-electron chi connectivity index (χ4n) is 5.78. The van der Waals surface area contributed by atoms with Gasteiger partial charge >= 0.3 is 32.5 Å². The monoisotopic (exact) mass is 855 g/mol. The molecular weight excluding hydrogens is 819 g/mol. The molecule has 0 heterocycles. The van der Waals surface area contributed by atoms with Crippen LogP contribution in [0, 0.1) is 5.82 Å². The molecule has 0 aliphatic rings. The molecule has 4 aromatic carbocycles. The molecule has 0 bridgehead atoms. The molecule has 0 unspecified atom stereocenters. The molecule has 9 nitrogen and oxygen atoms in total. The maximum Gasteiger partial charge on any atom is 0.514 e. The zero-order valence-electron chi connectivity index (χ0n) is 30.9. The summed E-state index contributed by atoms with van der Waals surface area (Å²) in [6, 6.07) is 9.30. The molecule has 4 aromatic rings. The van der Waals surface area contributed by atoms with Crippen LogP contribution in [0.5, 0.6) is 11.5 Å². The lowest BCUT2D eigenvalue weighted by molar-refractivity contribution is -0.143. The summed E-state index contributed by atoms with van der Waals surface area (Å²) in [5, 5.41) is 2.75. The molecule has 0 spiro atoms. The average molecular weight is 856 g/mol. The first kappa shape index (κ1) is 46.0. The van der Waals surface area contributed by atoms with Gasteiger partial charge < -0.3 is 29.3 Å². The van der Waals surface area contributed by atoms with Crippen LogP contribution in [-0.4, -0.2) is 35.7 Å². The van der Waals surface area contributed by atoms with Crippen molar-refractivity contribution in [3.05, 3.63) is 118 Å². The molecule has 4 rings (SSSR count). The van der Waals surface area contributed by atoms with Crippen molar-refractivity contribution >= 4 is 14.0 Å². The summed E-state index contributed by atoms with van der Waals surface area (Å²) in [7, 11) is -3.53. The quantitative estimate of drug-likeness (QED) is 0.0492. The Morgan fingerprint density at radius 2 is 1.36 bits per heavy atom. The summed E-state index contributed by atoms with van der Waals surface area (Å²) in [6.07, 6.45) is -19.0. The molecule has 316 valence electrons. The highest BCUT2D eigenvalue weighted by molar-refractivity contribution is 7.46. The normalized spacial score (nSPS) is 13.7. The number of hydrogen-bond donors (Lipinski definition) is 3. The number of nitrogens with one attached hydrogen (secondary N) is 1. The lowest BCUT2D eigenvalue weighted by Gasteiger charge is -2.27. The zero-order valence-corrected chi connectivity index (χ0v) is 31.7. The number of phosphoric acid groups is 1. The molecule has 58 heavy (non-hydrogen) atoms. The number of hydrogen-bond acceptors (Lipinski definition) is 7. The molecule has 2 atom stereocenters. The first-order chi connectivity index (χ1) is 26.8. The third-order valence-electron chi connectivity index (χ3n) is 8.67. The van der Waals surface area contributed by atoms with Crippen molar-refractivity contribution in [2.75, 3.05) is 13.7 Å². The van der Waals surface area contributed by atoms with Crippen LogP contribution in [0.15, 0.2) is 72.8 Å². The van der Waals surface area contributed by atoms with Crippen molar-refractivity contribution in [2.45, 2.75) is 70.3 Å². The predicted octanol–water partition coefficient (Wildman–Crippen LogP) is 10.8. The van der Waals surface area contributed by atoms with Gasteiger partial charge in [-0.15, -0.1) is 0 Å². The number of rotatable bonds is 14. The second kappa shape index (κ2) is 18.1. The molecule has 0 saturated heterocycles. The summed E-state index contributed by atoms with van der Waals surface area (Å²) < 4.78 is 171. The molecule has 20 heteroatoms. The second-order valence-corrected chi connectivity index (χ2v) is 14.5. The van der Waals surface area contributed by atoms with Crippen molar-refractivity contribution < 1.29 is 81.8 Å². The Balaban J connectivity index is 1.74. The maximum absolute atomic E-state index is 14.9. The molecule has 3 N–H and O–H groups in total. The lowest BCUT2D eigenvalue weighted by Crippen LogP contribution is -2.35. The van der Waals surface area contributed by atoms with Gasteiger partial charge in [0.1, 0.15) is 23.4 Å². The fourth-order valence-corrected chi connectivity index (χ4v) is 6.11. The Labute approximate surface area is 325 Å². The maximum atomic E-state index is 14.9. The number of methoxy groups -OCH3 is 1. The predicted molar refractivity (Wildman–Crippen MR) is 188 cm³/mol. The number of benzene rings is 4. The van der Waals surface area contributed by atoms with Crippen LogP contribution in [0.25, 0.3) is 11.1 Å². The van der Waals surface area contributed by atoms with E-state index in [-0.39, 0.29) is 58.8 Å². The molecule has 0 aliphatic heterocycles. The Morgan fingerprint density at radius 1 is 0.776 bits per heavy atom. The fraction of sp³-hybridized carbons (Fsp3) is 0.342. The number of carbonyl (C=O) groups is 1. The van der Waals surface area contributed by atoms with Gasteiger partial charge in [-0.05, 0) is 95.6 Å². The molecule has 0 amide bonds. The van der Waals surface area contributed by atoms with E-state index in [1.54, 1.807) is 13.8 Å². The number of phosphoric ester groups is 1. The van der Waals surface area contributed by atoms with Gasteiger partial charge in [0, 0.05) is 24.2 Å². The van der Waals surface area contributed by atoms with Crippen molar-refractivity contribution in [1.29, 1.82) is 0 Å². The Hall–Kier alpha value is -4.68. The first-order valence-electron chi connectivity index (χ1n) is 17.0. The van der Waals surface area contributed by atoms with Gasteiger partial charge in [-0.1, -0.05) is 32.0 Å². The highest BCUT2D eigenvalue weighted by Crippen LogP contribution is 2.41. The Bertz CT molecular complexity index is 2080. The molecule has 0 aromatic heterocycles. The summed E-state index contributed by atoms with van der Waals surface area (Å²) in [5.41, 5.74) is -4.56. The summed E-state index contributed by atoms with van der Waals surface area (Å²) >= 11 is 0. The van der Waals surface area contributed by atoms with Crippen LogP contribution >= 0.6 is 7.82 Å². The minimum Gasteiger partial charge on any atom is -0.496 e. The van der Waals surface area contributed by atoms with Gasteiger partial charge in [0.05, 0.1) is 30.4 Å². The third-order valence-corrected chi connectivity index (χ3v) is 9.19. The van der Waals surface area contributed by atoms with Crippen LogP contribution in [0.2, 0.25) is 0 Å². The van der Waals surface area contributed by atoms with Gasteiger partial charge in [0.25, 0.3) is 0 Å². The number of ether oxygens (including phenoxy) is 3. The van der Waals surface area contributed by atoms with E-state index in [0.717, 1.165) is 24.3 Å². The number of halogens is 10. The highest BCUT2D eigenvalue weighted by atomic mass is 31.2. The summed E-state index contributed by atoms with van der Waals surface area (Å²) in [4.78, 5) is 30.8. The SMILES string of the molecule is COc1cc(F)c(C(C)C)cc1-c1ccc(C(F)(F)F)cc1CN[C@@H](C)[C@H](OC(=O)Oc1ccc(CCOP(=O)(O)O)cc1)c1cc(C(F)(F)F)cc(C(F)(F)F)c1. The second-order valence-electron chi connectivity index (χ2n) is 13.2. The Kier molecular flexibility index (Phi) is 14.3. The third kappa shape index (κ3) is 12.4. The van der Waals surface area contributed by atoms with E-state index < -0.39 is 79.3 Å². The summed E-state index contributed by atoms with van der Waals surface area (Å²) in [5.74, 6) is -1.29. The van der Waals surface area contributed by atoms with Crippen molar-refractivity contribution in [3.63, 3.8) is 0 Å². The van der Waals surface area contributed by atoms with Crippen LogP contribution in [0.1, 0.15) is 71.7 Å². The number of carbonyl (C=O) groups excluding carboxylic acids is 1. The minimum atomic E-state index is -5.30. The van der Waals surface area contributed by atoms with Crippen LogP contribution in [0.3, 0.4) is 0 Å².